The van der Waals surface area contributed by atoms with Crippen LogP contribution in [0.15, 0.2) is 22.8 Å². The van der Waals surface area contributed by atoms with Crippen molar-refractivity contribution in [1.82, 2.24) is 10.2 Å². The molecule has 1 atom stereocenters. The molecule has 1 rings (SSSR count). The topological polar surface area (TPSA) is 28.4 Å². The van der Waals surface area contributed by atoms with E-state index in [0.717, 1.165) is 18.8 Å². The Morgan fingerprint density at radius 2 is 2.20 bits per heavy atom. The highest BCUT2D eigenvalue weighted by atomic mass is 16.3. The lowest BCUT2D eigenvalue weighted by atomic mass is 10.2. The van der Waals surface area contributed by atoms with Crippen LogP contribution >= 0.6 is 0 Å². The van der Waals surface area contributed by atoms with E-state index in [-0.39, 0.29) is 0 Å². The van der Waals surface area contributed by atoms with Gasteiger partial charge in [0.15, 0.2) is 0 Å². The Morgan fingerprint density at radius 1 is 1.40 bits per heavy atom. The van der Waals surface area contributed by atoms with Crippen molar-refractivity contribution in [2.45, 2.75) is 25.8 Å². The molecule has 1 N–H and O–H groups in total. The molecule has 0 bridgehead atoms. The molecule has 0 radical (unpaired) electrons. The van der Waals surface area contributed by atoms with Gasteiger partial charge in [0, 0.05) is 0 Å². The fourth-order valence-electron chi connectivity index (χ4n) is 1.51. The maximum atomic E-state index is 5.32. The Labute approximate surface area is 92.5 Å². The molecule has 1 aromatic rings. The van der Waals surface area contributed by atoms with Gasteiger partial charge >= 0.3 is 0 Å². The molecule has 0 amide bonds. The van der Waals surface area contributed by atoms with Gasteiger partial charge in [-0.15, -0.1) is 0 Å². The van der Waals surface area contributed by atoms with Crippen molar-refractivity contribution in [1.29, 1.82) is 0 Å². The summed E-state index contributed by atoms with van der Waals surface area (Å²) in [7, 11) is 4.22. The third kappa shape index (κ3) is 5.00. The molecule has 0 saturated heterocycles. The van der Waals surface area contributed by atoms with Crippen molar-refractivity contribution in [3.05, 3.63) is 24.2 Å². The van der Waals surface area contributed by atoms with Gasteiger partial charge in [-0.05, 0) is 59.1 Å². The SMILES string of the molecule is CC(NCCCCN(C)C)c1ccco1. The van der Waals surface area contributed by atoms with Crippen LogP contribution in [0.4, 0.5) is 0 Å². The van der Waals surface area contributed by atoms with Gasteiger partial charge in [0.05, 0.1) is 12.3 Å². The predicted molar refractivity (Wildman–Crippen MR) is 62.9 cm³/mol. The maximum absolute atomic E-state index is 5.32. The predicted octanol–water partition coefficient (Wildman–Crippen LogP) is 2.27. The molecule has 3 heteroatoms. The third-order valence-electron chi connectivity index (χ3n) is 2.45. The number of nitrogens with one attached hydrogen (secondary N) is 1. The lowest BCUT2D eigenvalue weighted by Crippen LogP contribution is -2.21. The molecule has 0 fully saturated rings. The first kappa shape index (κ1) is 12.3. The van der Waals surface area contributed by atoms with Crippen LogP contribution in [0.2, 0.25) is 0 Å². The smallest absolute Gasteiger partial charge is 0.120 e. The Kier molecular flexibility index (Phi) is 5.43. The molecule has 0 saturated carbocycles. The van der Waals surface area contributed by atoms with Crippen molar-refractivity contribution in [3.63, 3.8) is 0 Å². The molecule has 1 unspecified atom stereocenters. The number of furan rings is 1. The monoisotopic (exact) mass is 210 g/mol. The van der Waals surface area contributed by atoms with E-state index in [1.54, 1.807) is 6.26 Å². The van der Waals surface area contributed by atoms with Gasteiger partial charge in [-0.2, -0.15) is 0 Å². The minimum absolute atomic E-state index is 0.319. The van der Waals surface area contributed by atoms with Crippen LogP contribution in [-0.4, -0.2) is 32.1 Å². The van der Waals surface area contributed by atoms with E-state index in [4.69, 9.17) is 4.42 Å². The van der Waals surface area contributed by atoms with Crippen molar-refractivity contribution in [3.8, 4) is 0 Å². The van der Waals surface area contributed by atoms with E-state index in [0.29, 0.717) is 6.04 Å². The molecule has 0 spiro atoms. The zero-order chi connectivity index (χ0) is 11.1. The first-order chi connectivity index (χ1) is 7.20. The van der Waals surface area contributed by atoms with Crippen LogP contribution in [0.1, 0.15) is 31.6 Å². The minimum atomic E-state index is 0.319. The Hall–Kier alpha value is -0.800. The quantitative estimate of drug-likeness (QED) is 0.700. The van der Waals surface area contributed by atoms with Gasteiger partial charge in [0.25, 0.3) is 0 Å². The largest absolute Gasteiger partial charge is 0.468 e. The van der Waals surface area contributed by atoms with Crippen molar-refractivity contribution in [2.24, 2.45) is 0 Å². The van der Waals surface area contributed by atoms with Crippen LogP contribution in [0.5, 0.6) is 0 Å². The lowest BCUT2D eigenvalue weighted by Gasteiger charge is -2.12. The summed E-state index contributed by atoms with van der Waals surface area (Å²) >= 11 is 0. The Bertz CT molecular complexity index is 244. The highest BCUT2D eigenvalue weighted by Gasteiger charge is 2.05. The average molecular weight is 210 g/mol. The minimum Gasteiger partial charge on any atom is -0.468 e. The van der Waals surface area contributed by atoms with E-state index in [9.17, 15) is 0 Å². The molecule has 1 heterocycles. The number of hydrogen-bond donors (Lipinski definition) is 1. The van der Waals surface area contributed by atoms with Gasteiger partial charge in [-0.1, -0.05) is 0 Å². The van der Waals surface area contributed by atoms with Crippen LogP contribution in [0.25, 0.3) is 0 Å². The maximum Gasteiger partial charge on any atom is 0.120 e. The standard InChI is InChI=1S/C12H22N2O/c1-11(12-7-6-10-15-12)13-8-4-5-9-14(2)3/h6-7,10-11,13H,4-5,8-9H2,1-3H3. The first-order valence-electron chi connectivity index (χ1n) is 5.61. The van der Waals surface area contributed by atoms with Crippen molar-refractivity contribution >= 4 is 0 Å². The second-order valence-electron chi connectivity index (χ2n) is 4.20. The van der Waals surface area contributed by atoms with Gasteiger partial charge in [-0.25, -0.2) is 0 Å². The molecule has 0 aromatic carbocycles. The molecule has 86 valence electrons. The average Bonchev–Trinajstić information content (AvgIpc) is 2.69. The summed E-state index contributed by atoms with van der Waals surface area (Å²) in [5.41, 5.74) is 0. The zero-order valence-electron chi connectivity index (χ0n) is 9.99. The highest BCUT2D eigenvalue weighted by Crippen LogP contribution is 2.11. The summed E-state index contributed by atoms with van der Waals surface area (Å²) in [5.74, 6) is 1.02. The highest BCUT2D eigenvalue weighted by molar-refractivity contribution is 5.02. The van der Waals surface area contributed by atoms with E-state index in [2.05, 4.69) is 31.2 Å². The molecule has 3 nitrogen and oxygen atoms in total. The summed E-state index contributed by atoms with van der Waals surface area (Å²) in [6.07, 6.45) is 4.17. The van der Waals surface area contributed by atoms with E-state index in [1.807, 2.05) is 12.1 Å². The number of hydrogen-bond acceptors (Lipinski definition) is 3. The molecule has 0 aliphatic rings. The molecular weight excluding hydrogens is 188 g/mol. The second-order valence-corrected chi connectivity index (χ2v) is 4.20. The number of rotatable bonds is 7. The summed E-state index contributed by atoms with van der Waals surface area (Å²) in [4.78, 5) is 2.22. The molecular formula is C12H22N2O. The van der Waals surface area contributed by atoms with Gasteiger partial charge in [0.1, 0.15) is 5.76 Å². The normalized spacial score (nSPS) is 13.3. The summed E-state index contributed by atoms with van der Waals surface area (Å²) in [6, 6.07) is 4.26. The fraction of sp³-hybridized carbons (Fsp3) is 0.667. The molecule has 0 aliphatic carbocycles. The van der Waals surface area contributed by atoms with Gasteiger partial charge in [0.2, 0.25) is 0 Å². The van der Waals surface area contributed by atoms with Crippen LogP contribution < -0.4 is 5.32 Å². The van der Waals surface area contributed by atoms with Crippen LogP contribution in [0.3, 0.4) is 0 Å². The van der Waals surface area contributed by atoms with E-state index < -0.39 is 0 Å². The lowest BCUT2D eigenvalue weighted by molar-refractivity contribution is 0.382. The number of unbranched alkanes of at least 4 members (excludes halogenated alkanes) is 1. The molecule has 0 aliphatic heterocycles. The van der Waals surface area contributed by atoms with Crippen molar-refractivity contribution in [2.75, 3.05) is 27.2 Å². The van der Waals surface area contributed by atoms with Gasteiger partial charge in [-0.3, -0.25) is 0 Å². The Morgan fingerprint density at radius 3 is 2.80 bits per heavy atom. The fourth-order valence-corrected chi connectivity index (χ4v) is 1.51. The molecule has 15 heavy (non-hydrogen) atoms. The summed E-state index contributed by atoms with van der Waals surface area (Å²) in [6.45, 7) is 4.34. The molecule has 1 aromatic heterocycles. The third-order valence-corrected chi connectivity index (χ3v) is 2.45. The second kappa shape index (κ2) is 6.64. The zero-order valence-corrected chi connectivity index (χ0v) is 9.99. The van der Waals surface area contributed by atoms with Gasteiger partial charge < -0.3 is 14.6 Å². The number of nitrogens with zero attached hydrogens (tertiary/aromatic N) is 1. The van der Waals surface area contributed by atoms with Crippen molar-refractivity contribution < 1.29 is 4.42 Å². The Balaban J connectivity index is 2.05. The van der Waals surface area contributed by atoms with E-state index >= 15 is 0 Å². The van der Waals surface area contributed by atoms with E-state index in [1.165, 1.54) is 12.8 Å². The van der Waals surface area contributed by atoms with Crippen LogP contribution in [0, 0.1) is 0 Å². The summed E-state index contributed by atoms with van der Waals surface area (Å²) in [5, 5.41) is 3.45. The van der Waals surface area contributed by atoms with Crippen LogP contribution in [-0.2, 0) is 0 Å². The summed E-state index contributed by atoms with van der Waals surface area (Å²) < 4.78 is 5.32. The first-order valence-corrected chi connectivity index (χ1v) is 5.61.